The van der Waals surface area contributed by atoms with Gasteiger partial charge in [0.1, 0.15) is 0 Å². The van der Waals surface area contributed by atoms with Crippen molar-refractivity contribution in [3.63, 3.8) is 0 Å². The number of carbonyl (C=O) groups excluding carboxylic acids is 1. The second-order valence-corrected chi connectivity index (χ2v) is 8.00. The summed E-state index contributed by atoms with van der Waals surface area (Å²) in [6.07, 6.45) is 1.33. The van der Waals surface area contributed by atoms with Crippen LogP contribution in [0, 0.1) is 17.8 Å². The fourth-order valence-electron chi connectivity index (χ4n) is 2.85. The minimum absolute atomic E-state index is 0.0621. The fraction of sp³-hybridized carbons (Fsp3) is 0.846. The number of carbonyl (C=O) groups is 2. The van der Waals surface area contributed by atoms with Crippen LogP contribution in [0.3, 0.4) is 0 Å². The first kappa shape index (κ1) is 15.0. The number of thioether (sulfide) groups is 2. The van der Waals surface area contributed by atoms with Crippen molar-refractivity contribution in [2.75, 3.05) is 23.8 Å². The summed E-state index contributed by atoms with van der Waals surface area (Å²) in [5.41, 5.74) is 0. The van der Waals surface area contributed by atoms with Crippen LogP contribution in [0.5, 0.6) is 0 Å². The van der Waals surface area contributed by atoms with Crippen molar-refractivity contribution in [1.29, 1.82) is 0 Å². The van der Waals surface area contributed by atoms with Gasteiger partial charge in [-0.15, -0.1) is 0 Å². The third-order valence-electron chi connectivity index (χ3n) is 3.84. The molecule has 1 heterocycles. The van der Waals surface area contributed by atoms with E-state index < -0.39 is 11.9 Å². The fourth-order valence-corrected chi connectivity index (χ4v) is 5.47. The molecule has 1 saturated carbocycles. The third kappa shape index (κ3) is 4.05. The molecule has 4 atom stereocenters. The molecule has 4 nitrogen and oxygen atoms in total. The molecule has 2 unspecified atom stereocenters. The number of hydrogen-bond donors (Lipinski definition) is 2. The van der Waals surface area contributed by atoms with E-state index in [1.165, 1.54) is 5.75 Å². The normalized spacial score (nSPS) is 35.0. The first-order valence-corrected chi connectivity index (χ1v) is 8.98. The molecule has 0 aromatic heterocycles. The summed E-state index contributed by atoms with van der Waals surface area (Å²) in [7, 11) is 0. The first-order valence-electron chi connectivity index (χ1n) is 6.77. The number of amides is 1. The van der Waals surface area contributed by atoms with Gasteiger partial charge in [-0.05, 0) is 18.8 Å². The molecule has 2 aliphatic rings. The topological polar surface area (TPSA) is 66.4 Å². The van der Waals surface area contributed by atoms with Gasteiger partial charge in [0.05, 0.1) is 11.8 Å². The molecule has 0 radical (unpaired) electrons. The van der Waals surface area contributed by atoms with Crippen molar-refractivity contribution >= 4 is 35.4 Å². The molecule has 108 valence electrons. The van der Waals surface area contributed by atoms with E-state index in [4.69, 9.17) is 0 Å². The van der Waals surface area contributed by atoms with Crippen molar-refractivity contribution in [3.05, 3.63) is 0 Å². The minimum atomic E-state index is -0.827. The molecule has 2 rings (SSSR count). The van der Waals surface area contributed by atoms with Crippen LogP contribution in [0.25, 0.3) is 0 Å². The highest BCUT2D eigenvalue weighted by Gasteiger charge is 2.41. The maximum atomic E-state index is 12.2. The van der Waals surface area contributed by atoms with Gasteiger partial charge >= 0.3 is 5.97 Å². The Bertz CT molecular complexity index is 345. The highest BCUT2D eigenvalue weighted by molar-refractivity contribution is 8.06. The lowest BCUT2D eigenvalue weighted by atomic mass is 9.95. The number of carboxylic acid groups (broad SMARTS) is 1. The average molecular weight is 303 g/mol. The zero-order valence-corrected chi connectivity index (χ0v) is 12.8. The Labute approximate surface area is 122 Å². The monoisotopic (exact) mass is 303 g/mol. The van der Waals surface area contributed by atoms with E-state index in [0.717, 1.165) is 11.5 Å². The smallest absolute Gasteiger partial charge is 0.307 e. The molecular formula is C13H21NO3S2. The molecule has 1 aliphatic heterocycles. The highest BCUT2D eigenvalue weighted by atomic mass is 32.2. The van der Waals surface area contributed by atoms with Crippen LogP contribution in [0.1, 0.15) is 19.8 Å². The first-order chi connectivity index (χ1) is 9.08. The molecule has 2 fully saturated rings. The summed E-state index contributed by atoms with van der Waals surface area (Å²) in [5.74, 6) is 2.02. The van der Waals surface area contributed by atoms with E-state index in [0.29, 0.717) is 30.6 Å². The van der Waals surface area contributed by atoms with E-state index in [2.05, 4.69) is 5.32 Å². The number of carboxylic acids is 1. The van der Waals surface area contributed by atoms with Gasteiger partial charge in [-0.25, -0.2) is 0 Å². The Balaban J connectivity index is 1.82. The molecule has 0 spiro atoms. The summed E-state index contributed by atoms with van der Waals surface area (Å²) in [6.45, 7) is 2.70. The lowest BCUT2D eigenvalue weighted by molar-refractivity contribution is -0.146. The van der Waals surface area contributed by atoms with Gasteiger partial charge in [0.2, 0.25) is 5.91 Å². The summed E-state index contributed by atoms with van der Waals surface area (Å²) in [5, 5.41) is 12.6. The number of rotatable bonds is 4. The van der Waals surface area contributed by atoms with E-state index in [-0.39, 0.29) is 11.8 Å². The van der Waals surface area contributed by atoms with Crippen LogP contribution in [-0.4, -0.2) is 46.0 Å². The number of nitrogens with one attached hydrogen (secondary N) is 1. The molecule has 19 heavy (non-hydrogen) atoms. The largest absolute Gasteiger partial charge is 0.481 e. The molecule has 0 aromatic carbocycles. The maximum Gasteiger partial charge on any atom is 0.307 e. The van der Waals surface area contributed by atoms with Gasteiger partial charge in [0.15, 0.2) is 0 Å². The van der Waals surface area contributed by atoms with Crippen LogP contribution < -0.4 is 5.32 Å². The molecule has 6 heteroatoms. The van der Waals surface area contributed by atoms with Gasteiger partial charge in [-0.2, -0.15) is 23.5 Å². The molecule has 1 amide bonds. The second kappa shape index (κ2) is 6.88. The minimum Gasteiger partial charge on any atom is -0.481 e. The van der Waals surface area contributed by atoms with Crippen molar-refractivity contribution in [1.82, 2.24) is 5.32 Å². The number of hydrogen-bond acceptors (Lipinski definition) is 4. The lowest BCUT2D eigenvalue weighted by Crippen LogP contribution is -2.39. The Morgan fingerprint density at radius 2 is 2.00 bits per heavy atom. The van der Waals surface area contributed by atoms with Crippen LogP contribution in [0.4, 0.5) is 0 Å². The summed E-state index contributed by atoms with van der Waals surface area (Å²) < 4.78 is 0. The second-order valence-electron chi connectivity index (χ2n) is 5.44. The van der Waals surface area contributed by atoms with Crippen molar-refractivity contribution in [3.8, 4) is 0 Å². The van der Waals surface area contributed by atoms with Gasteiger partial charge in [0, 0.05) is 29.1 Å². The van der Waals surface area contributed by atoms with Gasteiger partial charge in [-0.1, -0.05) is 6.92 Å². The van der Waals surface area contributed by atoms with Crippen molar-refractivity contribution < 1.29 is 14.7 Å². The van der Waals surface area contributed by atoms with E-state index in [1.54, 1.807) is 0 Å². The quantitative estimate of drug-likeness (QED) is 0.827. The SMILES string of the molecule is CC1C[C@H](C(=O)NCC2CSCCS2)[C@H](C(=O)O)C1. The predicted molar refractivity (Wildman–Crippen MR) is 79.6 cm³/mol. The lowest BCUT2D eigenvalue weighted by Gasteiger charge is -2.22. The summed E-state index contributed by atoms with van der Waals surface area (Å²) in [4.78, 5) is 23.3. The zero-order valence-electron chi connectivity index (χ0n) is 11.1. The Kier molecular flexibility index (Phi) is 5.45. The van der Waals surface area contributed by atoms with Gasteiger partial charge in [0.25, 0.3) is 0 Å². The summed E-state index contributed by atoms with van der Waals surface area (Å²) in [6, 6.07) is 0. The predicted octanol–water partition coefficient (Wildman–Crippen LogP) is 1.70. The van der Waals surface area contributed by atoms with E-state index in [1.807, 2.05) is 30.4 Å². The highest BCUT2D eigenvalue weighted by Crippen LogP contribution is 2.36. The molecule has 1 aliphatic carbocycles. The zero-order chi connectivity index (χ0) is 13.8. The van der Waals surface area contributed by atoms with E-state index >= 15 is 0 Å². The Hall–Kier alpha value is -0.360. The number of aliphatic carboxylic acids is 1. The molecule has 0 aromatic rings. The molecular weight excluding hydrogens is 282 g/mol. The third-order valence-corrected chi connectivity index (χ3v) is 6.69. The van der Waals surface area contributed by atoms with Crippen LogP contribution >= 0.6 is 23.5 Å². The maximum absolute atomic E-state index is 12.2. The molecule has 2 N–H and O–H groups in total. The Morgan fingerprint density at radius 3 is 2.63 bits per heavy atom. The standard InChI is InChI=1S/C13H21NO3S2/c1-8-4-10(11(5-8)13(16)17)12(15)14-6-9-7-18-2-3-19-9/h8-11H,2-7H2,1H3,(H,14,15)(H,16,17)/t8?,9?,10-,11+/m0/s1. The van der Waals surface area contributed by atoms with E-state index in [9.17, 15) is 14.7 Å². The van der Waals surface area contributed by atoms with Crippen LogP contribution in [0.2, 0.25) is 0 Å². The van der Waals surface area contributed by atoms with Crippen molar-refractivity contribution in [2.24, 2.45) is 17.8 Å². The average Bonchev–Trinajstić information content (AvgIpc) is 2.79. The van der Waals surface area contributed by atoms with Crippen molar-refractivity contribution in [2.45, 2.75) is 25.0 Å². The van der Waals surface area contributed by atoms with Crippen LogP contribution in [0.15, 0.2) is 0 Å². The van der Waals surface area contributed by atoms with Gasteiger partial charge in [-0.3, -0.25) is 9.59 Å². The van der Waals surface area contributed by atoms with Gasteiger partial charge < -0.3 is 10.4 Å². The molecule has 1 saturated heterocycles. The molecule has 0 bridgehead atoms. The Morgan fingerprint density at radius 1 is 1.26 bits per heavy atom. The van der Waals surface area contributed by atoms with Crippen LogP contribution in [-0.2, 0) is 9.59 Å². The summed E-state index contributed by atoms with van der Waals surface area (Å²) >= 11 is 3.83.